The largest absolute Gasteiger partial charge is 0.493 e. The van der Waals surface area contributed by atoms with Gasteiger partial charge in [-0.25, -0.2) is 0 Å². The number of hydrogen-bond acceptors (Lipinski definition) is 1. The molecule has 0 spiro atoms. The van der Waals surface area contributed by atoms with Crippen molar-refractivity contribution in [1.29, 1.82) is 0 Å². The van der Waals surface area contributed by atoms with E-state index in [0.29, 0.717) is 0 Å². The Morgan fingerprint density at radius 1 is 1.19 bits per heavy atom. The van der Waals surface area contributed by atoms with E-state index < -0.39 is 0 Å². The molecule has 1 fully saturated rings. The van der Waals surface area contributed by atoms with Gasteiger partial charge >= 0.3 is 0 Å². The van der Waals surface area contributed by atoms with Crippen LogP contribution in [0.1, 0.15) is 38.2 Å². The fourth-order valence-corrected chi connectivity index (χ4v) is 2.56. The van der Waals surface area contributed by atoms with Gasteiger partial charge in [-0.2, -0.15) is 0 Å². The lowest BCUT2D eigenvalue weighted by Crippen LogP contribution is -2.19. The Bertz CT molecular complexity index is 315. The predicted octanol–water partition coefficient (Wildman–Crippen LogP) is 4.20. The first kappa shape index (κ1) is 11.5. The lowest BCUT2D eigenvalue weighted by Gasteiger charge is -2.26. The summed E-state index contributed by atoms with van der Waals surface area (Å²) in [6.07, 6.45) is 5.46. The second-order valence-corrected chi connectivity index (χ2v) is 5.26. The van der Waals surface area contributed by atoms with Crippen molar-refractivity contribution in [1.82, 2.24) is 0 Å². The summed E-state index contributed by atoms with van der Waals surface area (Å²) in [5, 5.41) is 0. The standard InChI is InChI=1S/C15H22O/c1-12-6-8-15(9-7-12)16-11-14-5-3-4-13(2)10-14/h6-9,13-14H,3-5,10-11H2,1-2H3. The molecular formula is C15H22O. The van der Waals surface area contributed by atoms with Crippen LogP contribution in [0.3, 0.4) is 0 Å². The SMILES string of the molecule is Cc1ccc(OCC2CCCC(C)C2)cc1. The summed E-state index contributed by atoms with van der Waals surface area (Å²) in [7, 11) is 0. The second kappa shape index (κ2) is 5.38. The summed E-state index contributed by atoms with van der Waals surface area (Å²) < 4.78 is 5.85. The molecule has 0 aromatic heterocycles. The van der Waals surface area contributed by atoms with Crippen LogP contribution in [0.15, 0.2) is 24.3 Å². The van der Waals surface area contributed by atoms with Crippen LogP contribution in [0, 0.1) is 18.8 Å². The van der Waals surface area contributed by atoms with Crippen LogP contribution in [-0.2, 0) is 0 Å². The first-order chi connectivity index (χ1) is 7.74. The Balaban J connectivity index is 1.80. The van der Waals surface area contributed by atoms with Crippen molar-refractivity contribution in [3.63, 3.8) is 0 Å². The quantitative estimate of drug-likeness (QED) is 0.738. The summed E-state index contributed by atoms with van der Waals surface area (Å²) in [6, 6.07) is 8.36. The van der Waals surface area contributed by atoms with E-state index in [0.717, 1.165) is 24.2 Å². The molecule has 2 atom stereocenters. The Hall–Kier alpha value is -0.980. The highest BCUT2D eigenvalue weighted by Gasteiger charge is 2.19. The Kier molecular flexibility index (Phi) is 3.87. The van der Waals surface area contributed by atoms with Gasteiger partial charge in [0.25, 0.3) is 0 Å². The summed E-state index contributed by atoms with van der Waals surface area (Å²) >= 11 is 0. The minimum atomic E-state index is 0.769. The number of benzene rings is 1. The molecule has 1 saturated carbocycles. The molecule has 0 radical (unpaired) electrons. The summed E-state index contributed by atoms with van der Waals surface area (Å²) in [5.74, 6) is 2.68. The first-order valence-electron chi connectivity index (χ1n) is 6.43. The summed E-state index contributed by atoms with van der Waals surface area (Å²) in [5.41, 5.74) is 1.29. The van der Waals surface area contributed by atoms with Gasteiger partial charge in [-0.1, -0.05) is 37.5 Å². The van der Waals surface area contributed by atoms with E-state index in [1.54, 1.807) is 0 Å². The third-order valence-corrected chi connectivity index (χ3v) is 3.55. The molecule has 1 aliphatic carbocycles. The van der Waals surface area contributed by atoms with Crippen molar-refractivity contribution < 1.29 is 4.74 Å². The predicted molar refractivity (Wildman–Crippen MR) is 67.8 cm³/mol. The maximum Gasteiger partial charge on any atom is 0.119 e. The molecule has 1 aliphatic rings. The Labute approximate surface area is 98.8 Å². The number of rotatable bonds is 3. The first-order valence-corrected chi connectivity index (χ1v) is 6.43. The molecule has 1 aromatic rings. The minimum absolute atomic E-state index is 0.769. The monoisotopic (exact) mass is 218 g/mol. The van der Waals surface area contributed by atoms with Crippen molar-refractivity contribution in [2.45, 2.75) is 39.5 Å². The molecule has 2 unspecified atom stereocenters. The van der Waals surface area contributed by atoms with Crippen LogP contribution in [-0.4, -0.2) is 6.61 Å². The third-order valence-electron chi connectivity index (χ3n) is 3.55. The van der Waals surface area contributed by atoms with Crippen molar-refractivity contribution in [3.05, 3.63) is 29.8 Å². The zero-order valence-corrected chi connectivity index (χ0v) is 10.4. The maximum atomic E-state index is 5.85. The van der Waals surface area contributed by atoms with Gasteiger partial charge in [0, 0.05) is 0 Å². The molecule has 0 aliphatic heterocycles. The van der Waals surface area contributed by atoms with Gasteiger partial charge < -0.3 is 4.74 Å². The molecule has 1 aromatic carbocycles. The highest BCUT2D eigenvalue weighted by Crippen LogP contribution is 2.29. The molecule has 1 heteroatoms. The molecule has 88 valence electrons. The van der Waals surface area contributed by atoms with Gasteiger partial charge in [-0.15, -0.1) is 0 Å². The molecule has 0 amide bonds. The van der Waals surface area contributed by atoms with E-state index in [1.165, 1.54) is 31.2 Å². The van der Waals surface area contributed by atoms with Crippen LogP contribution < -0.4 is 4.74 Å². The van der Waals surface area contributed by atoms with E-state index in [9.17, 15) is 0 Å². The van der Waals surface area contributed by atoms with Gasteiger partial charge in [-0.05, 0) is 43.7 Å². The third kappa shape index (κ3) is 3.26. The van der Waals surface area contributed by atoms with E-state index in [2.05, 4.69) is 38.1 Å². The summed E-state index contributed by atoms with van der Waals surface area (Å²) in [6.45, 7) is 5.36. The zero-order valence-electron chi connectivity index (χ0n) is 10.4. The molecule has 0 N–H and O–H groups in total. The lowest BCUT2D eigenvalue weighted by molar-refractivity contribution is 0.182. The minimum Gasteiger partial charge on any atom is -0.493 e. The molecule has 0 heterocycles. The summed E-state index contributed by atoms with van der Waals surface area (Å²) in [4.78, 5) is 0. The van der Waals surface area contributed by atoms with Crippen LogP contribution in [0.5, 0.6) is 5.75 Å². The maximum absolute atomic E-state index is 5.85. The zero-order chi connectivity index (χ0) is 11.4. The second-order valence-electron chi connectivity index (χ2n) is 5.26. The van der Waals surface area contributed by atoms with Gasteiger partial charge in [0.1, 0.15) is 5.75 Å². The van der Waals surface area contributed by atoms with E-state index >= 15 is 0 Å². The highest BCUT2D eigenvalue weighted by molar-refractivity contribution is 5.26. The molecule has 0 saturated heterocycles. The van der Waals surface area contributed by atoms with Crippen LogP contribution in [0.4, 0.5) is 0 Å². The van der Waals surface area contributed by atoms with Gasteiger partial charge in [0.05, 0.1) is 6.61 Å². The van der Waals surface area contributed by atoms with Crippen LogP contribution in [0.25, 0.3) is 0 Å². The van der Waals surface area contributed by atoms with Crippen LogP contribution >= 0.6 is 0 Å². The van der Waals surface area contributed by atoms with E-state index in [-0.39, 0.29) is 0 Å². The number of aryl methyl sites for hydroxylation is 1. The molecular weight excluding hydrogens is 196 g/mol. The lowest BCUT2D eigenvalue weighted by atomic mass is 9.83. The van der Waals surface area contributed by atoms with Crippen molar-refractivity contribution in [2.75, 3.05) is 6.61 Å². The fourth-order valence-electron chi connectivity index (χ4n) is 2.56. The average molecular weight is 218 g/mol. The van der Waals surface area contributed by atoms with Crippen LogP contribution in [0.2, 0.25) is 0 Å². The van der Waals surface area contributed by atoms with Crippen molar-refractivity contribution in [2.24, 2.45) is 11.8 Å². The average Bonchev–Trinajstić information content (AvgIpc) is 2.28. The van der Waals surface area contributed by atoms with E-state index in [4.69, 9.17) is 4.74 Å². The topological polar surface area (TPSA) is 9.23 Å². The number of ether oxygens (including phenoxy) is 1. The normalized spacial score (nSPS) is 25.4. The highest BCUT2D eigenvalue weighted by atomic mass is 16.5. The molecule has 1 nitrogen and oxygen atoms in total. The van der Waals surface area contributed by atoms with Gasteiger partial charge in [0.15, 0.2) is 0 Å². The Morgan fingerprint density at radius 3 is 2.62 bits per heavy atom. The smallest absolute Gasteiger partial charge is 0.119 e. The fraction of sp³-hybridized carbons (Fsp3) is 0.600. The molecule has 16 heavy (non-hydrogen) atoms. The molecule has 2 rings (SSSR count). The Morgan fingerprint density at radius 2 is 1.94 bits per heavy atom. The van der Waals surface area contributed by atoms with Gasteiger partial charge in [0.2, 0.25) is 0 Å². The molecule has 0 bridgehead atoms. The number of hydrogen-bond donors (Lipinski definition) is 0. The van der Waals surface area contributed by atoms with Crippen molar-refractivity contribution in [3.8, 4) is 5.75 Å². The van der Waals surface area contributed by atoms with E-state index in [1.807, 2.05) is 0 Å². The van der Waals surface area contributed by atoms with Crippen molar-refractivity contribution >= 4 is 0 Å². The van der Waals surface area contributed by atoms with Gasteiger partial charge in [-0.3, -0.25) is 0 Å².